The molecule has 1 atom stereocenters. The number of hydrogen-bond acceptors (Lipinski definition) is 1. The smallest absolute Gasteiger partial charge is 0.231 e. The molecule has 3 heteroatoms. The first-order valence-corrected chi connectivity index (χ1v) is 6.80. The lowest BCUT2D eigenvalue weighted by Crippen LogP contribution is -2.36. The van der Waals surface area contributed by atoms with Crippen molar-refractivity contribution in [3.8, 4) is 0 Å². The average molecular weight is 269 g/mol. The maximum Gasteiger partial charge on any atom is 0.231 e. The van der Waals surface area contributed by atoms with Gasteiger partial charge in [0.1, 0.15) is 5.82 Å². The maximum absolute atomic E-state index is 13.7. The molecule has 0 N–H and O–H groups in total. The van der Waals surface area contributed by atoms with Crippen LogP contribution in [0.3, 0.4) is 0 Å². The van der Waals surface area contributed by atoms with Gasteiger partial charge in [0.25, 0.3) is 0 Å². The fourth-order valence-electron chi connectivity index (χ4n) is 2.84. The molecule has 2 nitrogen and oxygen atoms in total. The third-order valence-corrected chi connectivity index (χ3v) is 3.78. The van der Waals surface area contributed by atoms with Crippen LogP contribution in [0.1, 0.15) is 18.1 Å². The number of rotatable bonds is 2. The quantitative estimate of drug-likeness (QED) is 0.818. The number of amides is 1. The molecule has 0 saturated heterocycles. The summed E-state index contributed by atoms with van der Waals surface area (Å²) in [5, 5.41) is 0. The predicted octanol–water partition coefficient (Wildman–Crippen LogP) is 3.35. The van der Waals surface area contributed by atoms with Gasteiger partial charge in [-0.2, -0.15) is 0 Å². The van der Waals surface area contributed by atoms with Crippen LogP contribution >= 0.6 is 0 Å². The molecule has 2 aromatic carbocycles. The molecule has 0 fully saturated rings. The van der Waals surface area contributed by atoms with Crippen LogP contribution in [0.4, 0.5) is 10.1 Å². The zero-order valence-electron chi connectivity index (χ0n) is 11.3. The normalized spacial score (nSPS) is 17.1. The predicted molar refractivity (Wildman–Crippen MR) is 77.2 cm³/mol. The fraction of sp³-hybridized carbons (Fsp3) is 0.235. The van der Waals surface area contributed by atoms with Crippen LogP contribution in [-0.2, 0) is 17.6 Å². The van der Waals surface area contributed by atoms with Crippen LogP contribution in [0.2, 0.25) is 0 Å². The van der Waals surface area contributed by atoms with E-state index in [9.17, 15) is 9.18 Å². The van der Waals surface area contributed by atoms with Gasteiger partial charge in [0.15, 0.2) is 0 Å². The summed E-state index contributed by atoms with van der Waals surface area (Å²) in [7, 11) is 0. The number of nitrogens with zero attached hydrogens (tertiary/aromatic N) is 1. The second-order valence-corrected chi connectivity index (χ2v) is 5.21. The van der Waals surface area contributed by atoms with Gasteiger partial charge in [0.2, 0.25) is 5.91 Å². The molecule has 3 rings (SSSR count). The highest BCUT2D eigenvalue weighted by Gasteiger charge is 2.30. The minimum Gasteiger partial charge on any atom is -0.309 e. The molecule has 0 saturated carbocycles. The van der Waals surface area contributed by atoms with Crippen molar-refractivity contribution in [2.24, 2.45) is 0 Å². The molecule has 1 aliphatic heterocycles. The van der Waals surface area contributed by atoms with Crippen LogP contribution in [0.25, 0.3) is 0 Å². The summed E-state index contributed by atoms with van der Waals surface area (Å²) < 4.78 is 13.7. The second kappa shape index (κ2) is 5.08. The van der Waals surface area contributed by atoms with Gasteiger partial charge in [-0.3, -0.25) is 4.79 Å². The van der Waals surface area contributed by atoms with Crippen molar-refractivity contribution in [1.82, 2.24) is 0 Å². The van der Waals surface area contributed by atoms with Gasteiger partial charge in [-0.1, -0.05) is 36.4 Å². The summed E-state index contributed by atoms with van der Waals surface area (Å²) in [4.78, 5) is 14.3. The third-order valence-electron chi connectivity index (χ3n) is 3.78. The van der Waals surface area contributed by atoms with Crippen molar-refractivity contribution in [1.29, 1.82) is 0 Å². The summed E-state index contributed by atoms with van der Waals surface area (Å²) in [6.45, 7) is 2.03. The molecule has 0 bridgehead atoms. The summed E-state index contributed by atoms with van der Waals surface area (Å²) in [5.74, 6) is -0.367. The molecule has 0 unspecified atom stereocenters. The first kappa shape index (κ1) is 12.9. The van der Waals surface area contributed by atoms with Gasteiger partial charge >= 0.3 is 0 Å². The van der Waals surface area contributed by atoms with Crippen LogP contribution < -0.4 is 4.90 Å². The van der Waals surface area contributed by atoms with Gasteiger partial charge in [0, 0.05) is 11.7 Å². The molecule has 0 aliphatic carbocycles. The Morgan fingerprint density at radius 3 is 2.70 bits per heavy atom. The van der Waals surface area contributed by atoms with E-state index in [0.717, 1.165) is 12.1 Å². The number of carbonyl (C=O) groups is 1. The Morgan fingerprint density at radius 2 is 1.90 bits per heavy atom. The van der Waals surface area contributed by atoms with Crippen molar-refractivity contribution in [2.75, 3.05) is 4.90 Å². The Morgan fingerprint density at radius 1 is 1.20 bits per heavy atom. The molecule has 102 valence electrons. The number of hydrogen-bond donors (Lipinski definition) is 0. The van der Waals surface area contributed by atoms with Crippen molar-refractivity contribution < 1.29 is 9.18 Å². The Bertz CT molecular complexity index is 653. The van der Waals surface area contributed by atoms with Crippen molar-refractivity contribution >= 4 is 11.6 Å². The van der Waals surface area contributed by atoms with E-state index in [4.69, 9.17) is 0 Å². The Balaban J connectivity index is 1.86. The molecular weight excluding hydrogens is 253 g/mol. The van der Waals surface area contributed by atoms with Gasteiger partial charge in [-0.15, -0.1) is 0 Å². The molecule has 1 aliphatic rings. The van der Waals surface area contributed by atoms with E-state index in [1.165, 1.54) is 11.6 Å². The van der Waals surface area contributed by atoms with Crippen LogP contribution in [-0.4, -0.2) is 11.9 Å². The summed E-state index contributed by atoms with van der Waals surface area (Å²) in [5.41, 5.74) is 2.59. The number of benzene rings is 2. The average Bonchev–Trinajstić information content (AvgIpc) is 2.77. The number of carbonyl (C=O) groups excluding carboxylic acids is 1. The molecule has 0 spiro atoms. The molecule has 1 amide bonds. The van der Waals surface area contributed by atoms with E-state index >= 15 is 0 Å². The fourth-order valence-corrected chi connectivity index (χ4v) is 2.84. The lowest BCUT2D eigenvalue weighted by molar-refractivity contribution is -0.118. The molecule has 20 heavy (non-hydrogen) atoms. The van der Waals surface area contributed by atoms with Crippen molar-refractivity contribution in [2.45, 2.75) is 25.8 Å². The zero-order chi connectivity index (χ0) is 14.1. The number of para-hydroxylation sites is 1. The standard InChI is InChI=1S/C17H16FNO/c1-12-10-14-7-3-5-9-16(14)19(12)17(20)11-13-6-2-4-8-15(13)18/h2-9,12H,10-11H2,1H3/t12-/m1/s1. The topological polar surface area (TPSA) is 20.3 Å². The SMILES string of the molecule is C[C@@H]1Cc2ccccc2N1C(=O)Cc1ccccc1F. The number of fused-ring (bicyclic) bond motifs is 1. The van der Waals surface area contributed by atoms with E-state index in [1.54, 1.807) is 23.1 Å². The lowest BCUT2D eigenvalue weighted by atomic mass is 10.1. The third kappa shape index (κ3) is 2.20. The van der Waals surface area contributed by atoms with Gasteiger partial charge in [-0.25, -0.2) is 4.39 Å². The molecule has 1 heterocycles. The molecule has 2 aromatic rings. The monoisotopic (exact) mass is 269 g/mol. The van der Waals surface area contributed by atoms with Crippen molar-refractivity contribution in [3.63, 3.8) is 0 Å². The van der Waals surface area contributed by atoms with E-state index in [2.05, 4.69) is 0 Å². The van der Waals surface area contributed by atoms with E-state index in [-0.39, 0.29) is 24.2 Å². The van der Waals surface area contributed by atoms with Crippen LogP contribution in [0, 0.1) is 5.82 Å². The number of anilines is 1. The van der Waals surface area contributed by atoms with E-state index in [0.29, 0.717) is 5.56 Å². The Hall–Kier alpha value is -2.16. The summed E-state index contributed by atoms with van der Waals surface area (Å²) >= 11 is 0. The number of halogens is 1. The van der Waals surface area contributed by atoms with Gasteiger partial charge < -0.3 is 4.90 Å². The van der Waals surface area contributed by atoms with Gasteiger partial charge in [0.05, 0.1) is 6.42 Å². The second-order valence-electron chi connectivity index (χ2n) is 5.21. The summed E-state index contributed by atoms with van der Waals surface area (Å²) in [6.07, 6.45) is 0.963. The zero-order valence-corrected chi connectivity index (χ0v) is 11.3. The highest BCUT2D eigenvalue weighted by atomic mass is 19.1. The van der Waals surface area contributed by atoms with Crippen molar-refractivity contribution in [3.05, 3.63) is 65.5 Å². The minimum absolute atomic E-state index is 0.0486. The molecule has 0 aromatic heterocycles. The lowest BCUT2D eigenvalue weighted by Gasteiger charge is -2.23. The van der Waals surface area contributed by atoms with E-state index < -0.39 is 0 Å². The first-order chi connectivity index (χ1) is 9.66. The minimum atomic E-state index is -0.319. The highest BCUT2D eigenvalue weighted by Crippen LogP contribution is 2.32. The van der Waals surface area contributed by atoms with E-state index in [1.807, 2.05) is 31.2 Å². The Kier molecular flexibility index (Phi) is 3.26. The highest BCUT2D eigenvalue weighted by molar-refractivity contribution is 5.97. The van der Waals surface area contributed by atoms with Crippen LogP contribution in [0.5, 0.6) is 0 Å². The molecule has 0 radical (unpaired) electrons. The summed E-state index contributed by atoms with van der Waals surface area (Å²) in [6, 6.07) is 14.5. The van der Waals surface area contributed by atoms with Gasteiger partial charge in [-0.05, 0) is 36.6 Å². The molecular formula is C17H16FNO. The first-order valence-electron chi connectivity index (χ1n) is 6.80. The Labute approximate surface area is 117 Å². The van der Waals surface area contributed by atoms with Crippen LogP contribution in [0.15, 0.2) is 48.5 Å². The maximum atomic E-state index is 13.7. The largest absolute Gasteiger partial charge is 0.309 e.